The average Bonchev–Trinajstić information content (AvgIpc) is 2.90. The maximum Gasteiger partial charge on any atom is 0.162 e. The molecule has 3 rings (SSSR count). The van der Waals surface area contributed by atoms with E-state index in [9.17, 15) is 0 Å². The van der Waals surface area contributed by atoms with E-state index in [0.29, 0.717) is 11.8 Å². The van der Waals surface area contributed by atoms with Gasteiger partial charge in [-0.05, 0) is 37.3 Å². The third-order valence-electron chi connectivity index (χ3n) is 4.25. The first-order chi connectivity index (χ1) is 10.2. The molecule has 1 saturated carbocycles. The third-order valence-corrected chi connectivity index (χ3v) is 4.25. The quantitative estimate of drug-likeness (QED) is 0.927. The van der Waals surface area contributed by atoms with Crippen molar-refractivity contribution in [3.8, 4) is 11.5 Å². The molecule has 2 atom stereocenters. The molecule has 21 heavy (non-hydrogen) atoms. The number of hydrogen-bond acceptors (Lipinski definition) is 4. The van der Waals surface area contributed by atoms with Gasteiger partial charge in [-0.25, -0.2) is 0 Å². The second-order valence-corrected chi connectivity index (χ2v) is 5.88. The first kappa shape index (κ1) is 14.0. The predicted molar refractivity (Wildman–Crippen MR) is 85.3 cm³/mol. The first-order valence-electron chi connectivity index (χ1n) is 7.48. The fourth-order valence-corrected chi connectivity index (χ4v) is 3.11. The van der Waals surface area contributed by atoms with Gasteiger partial charge in [-0.1, -0.05) is 6.92 Å². The van der Waals surface area contributed by atoms with Crippen molar-refractivity contribution in [3.05, 3.63) is 24.4 Å². The third kappa shape index (κ3) is 2.89. The molecule has 2 unspecified atom stereocenters. The Morgan fingerprint density at radius 3 is 2.52 bits per heavy atom. The molecule has 4 nitrogen and oxygen atoms in total. The van der Waals surface area contributed by atoms with Gasteiger partial charge in [0.15, 0.2) is 11.5 Å². The lowest BCUT2D eigenvalue weighted by atomic mass is 10.1. The maximum absolute atomic E-state index is 5.36. The Labute approximate surface area is 125 Å². The van der Waals surface area contributed by atoms with Crippen LogP contribution in [-0.2, 0) is 0 Å². The molecule has 1 aromatic carbocycles. The molecule has 1 N–H and O–H groups in total. The van der Waals surface area contributed by atoms with E-state index >= 15 is 0 Å². The number of anilines is 1. The smallest absolute Gasteiger partial charge is 0.162 e. The molecule has 1 fully saturated rings. The highest BCUT2D eigenvalue weighted by Crippen LogP contribution is 2.33. The Hall–Kier alpha value is -1.97. The van der Waals surface area contributed by atoms with E-state index in [1.165, 1.54) is 19.3 Å². The van der Waals surface area contributed by atoms with Crippen LogP contribution in [0.3, 0.4) is 0 Å². The van der Waals surface area contributed by atoms with Crippen LogP contribution in [0.4, 0.5) is 5.69 Å². The number of hydrogen-bond donors (Lipinski definition) is 1. The highest BCUT2D eigenvalue weighted by atomic mass is 16.5. The Morgan fingerprint density at radius 1 is 1.10 bits per heavy atom. The largest absolute Gasteiger partial charge is 0.493 e. The Bertz CT molecular complexity index is 642. The lowest BCUT2D eigenvalue weighted by molar-refractivity contribution is 0.356. The number of ether oxygens (including phenoxy) is 2. The van der Waals surface area contributed by atoms with E-state index in [1.54, 1.807) is 14.2 Å². The zero-order valence-corrected chi connectivity index (χ0v) is 12.8. The summed E-state index contributed by atoms with van der Waals surface area (Å²) >= 11 is 0. The van der Waals surface area contributed by atoms with Crippen LogP contribution < -0.4 is 14.8 Å². The highest BCUT2D eigenvalue weighted by molar-refractivity contribution is 5.85. The van der Waals surface area contributed by atoms with Crippen LogP contribution in [0.25, 0.3) is 10.9 Å². The Morgan fingerprint density at radius 2 is 1.86 bits per heavy atom. The molecule has 1 aromatic heterocycles. The number of methoxy groups -OCH3 is 2. The zero-order valence-electron chi connectivity index (χ0n) is 12.8. The van der Waals surface area contributed by atoms with E-state index in [0.717, 1.165) is 28.3 Å². The number of benzene rings is 1. The van der Waals surface area contributed by atoms with Crippen molar-refractivity contribution in [2.24, 2.45) is 5.92 Å². The summed E-state index contributed by atoms with van der Waals surface area (Å²) < 4.78 is 10.7. The topological polar surface area (TPSA) is 43.4 Å². The van der Waals surface area contributed by atoms with Gasteiger partial charge in [0.05, 0.1) is 31.6 Å². The maximum atomic E-state index is 5.36. The van der Waals surface area contributed by atoms with E-state index in [4.69, 9.17) is 9.47 Å². The monoisotopic (exact) mass is 286 g/mol. The van der Waals surface area contributed by atoms with Crippen molar-refractivity contribution in [1.82, 2.24) is 4.98 Å². The average molecular weight is 286 g/mol. The molecule has 4 heteroatoms. The van der Waals surface area contributed by atoms with Gasteiger partial charge in [0.25, 0.3) is 0 Å². The normalized spacial score (nSPS) is 21.5. The van der Waals surface area contributed by atoms with Gasteiger partial charge in [-0.15, -0.1) is 0 Å². The van der Waals surface area contributed by atoms with Crippen molar-refractivity contribution in [3.63, 3.8) is 0 Å². The summed E-state index contributed by atoms with van der Waals surface area (Å²) in [4.78, 5) is 4.53. The number of fused-ring (bicyclic) bond motifs is 1. The van der Waals surface area contributed by atoms with E-state index < -0.39 is 0 Å². The van der Waals surface area contributed by atoms with Crippen LogP contribution in [0.1, 0.15) is 26.2 Å². The second kappa shape index (κ2) is 5.80. The molecule has 0 amide bonds. The molecule has 1 heterocycles. The van der Waals surface area contributed by atoms with Gasteiger partial charge >= 0.3 is 0 Å². The Balaban J connectivity index is 1.88. The van der Waals surface area contributed by atoms with Crippen molar-refractivity contribution < 1.29 is 9.47 Å². The lowest BCUT2D eigenvalue weighted by Crippen LogP contribution is -2.15. The summed E-state index contributed by atoms with van der Waals surface area (Å²) in [7, 11) is 3.29. The second-order valence-electron chi connectivity index (χ2n) is 5.88. The summed E-state index contributed by atoms with van der Waals surface area (Å²) in [6.45, 7) is 2.32. The molecule has 1 aliphatic rings. The number of aromatic nitrogens is 1. The molecule has 0 aliphatic heterocycles. The minimum Gasteiger partial charge on any atom is -0.493 e. The van der Waals surface area contributed by atoms with Gasteiger partial charge < -0.3 is 14.8 Å². The van der Waals surface area contributed by atoms with Gasteiger partial charge in [-0.3, -0.25) is 4.98 Å². The molecule has 0 radical (unpaired) electrons. The van der Waals surface area contributed by atoms with Gasteiger partial charge in [0.2, 0.25) is 0 Å². The van der Waals surface area contributed by atoms with Crippen LogP contribution >= 0.6 is 0 Å². The SMILES string of the molecule is COc1cc2cc(NC3CCC(C)C3)cnc2cc1OC. The van der Waals surface area contributed by atoms with Crippen LogP contribution in [0, 0.1) is 5.92 Å². The molecule has 0 spiro atoms. The molecule has 112 valence electrons. The molecule has 2 aromatic rings. The standard InChI is InChI=1S/C17H22N2O2/c1-11-4-5-13(6-11)19-14-7-12-8-16(20-2)17(21-3)9-15(12)18-10-14/h7-11,13,19H,4-6H2,1-3H3. The summed E-state index contributed by atoms with van der Waals surface area (Å²) in [5, 5.41) is 4.65. The zero-order chi connectivity index (χ0) is 14.8. The summed E-state index contributed by atoms with van der Waals surface area (Å²) in [5.74, 6) is 2.27. The fourth-order valence-electron chi connectivity index (χ4n) is 3.11. The highest BCUT2D eigenvalue weighted by Gasteiger charge is 2.21. The van der Waals surface area contributed by atoms with E-state index in [1.807, 2.05) is 18.3 Å². The summed E-state index contributed by atoms with van der Waals surface area (Å²) in [5.41, 5.74) is 1.99. The number of rotatable bonds is 4. The predicted octanol–water partition coefficient (Wildman–Crippen LogP) is 3.85. The minimum absolute atomic E-state index is 0.569. The molecular formula is C17H22N2O2. The molecule has 0 bridgehead atoms. The van der Waals surface area contributed by atoms with Crippen molar-refractivity contribution in [2.45, 2.75) is 32.2 Å². The summed E-state index contributed by atoms with van der Waals surface area (Å²) in [6.07, 6.45) is 5.69. The number of nitrogens with one attached hydrogen (secondary N) is 1. The number of pyridine rings is 1. The van der Waals surface area contributed by atoms with Crippen molar-refractivity contribution in [2.75, 3.05) is 19.5 Å². The molecule has 1 aliphatic carbocycles. The fraction of sp³-hybridized carbons (Fsp3) is 0.471. The van der Waals surface area contributed by atoms with Gasteiger partial charge in [0, 0.05) is 17.5 Å². The lowest BCUT2D eigenvalue weighted by Gasteiger charge is -2.15. The van der Waals surface area contributed by atoms with E-state index in [-0.39, 0.29) is 0 Å². The van der Waals surface area contributed by atoms with Crippen LogP contribution in [0.5, 0.6) is 11.5 Å². The van der Waals surface area contributed by atoms with Crippen molar-refractivity contribution >= 4 is 16.6 Å². The minimum atomic E-state index is 0.569. The van der Waals surface area contributed by atoms with Gasteiger partial charge in [-0.2, -0.15) is 0 Å². The van der Waals surface area contributed by atoms with E-state index in [2.05, 4.69) is 23.3 Å². The number of nitrogens with zero attached hydrogens (tertiary/aromatic N) is 1. The first-order valence-corrected chi connectivity index (χ1v) is 7.48. The summed E-state index contributed by atoms with van der Waals surface area (Å²) in [6, 6.07) is 6.59. The van der Waals surface area contributed by atoms with Gasteiger partial charge in [0.1, 0.15) is 0 Å². The Kier molecular flexibility index (Phi) is 3.86. The molecule has 0 saturated heterocycles. The molecular weight excluding hydrogens is 264 g/mol. The van der Waals surface area contributed by atoms with Crippen molar-refractivity contribution in [1.29, 1.82) is 0 Å². The van der Waals surface area contributed by atoms with Crippen LogP contribution in [0.2, 0.25) is 0 Å². The van der Waals surface area contributed by atoms with Crippen LogP contribution in [0.15, 0.2) is 24.4 Å². The van der Waals surface area contributed by atoms with Crippen LogP contribution in [-0.4, -0.2) is 25.2 Å².